The fraction of sp³-hybridized carbons (Fsp3) is 0.364. The van der Waals surface area contributed by atoms with Crippen LogP contribution in [0.3, 0.4) is 0 Å². The first-order valence-corrected chi connectivity index (χ1v) is 6.79. The van der Waals surface area contributed by atoms with Gasteiger partial charge in [0.2, 0.25) is 0 Å². The third kappa shape index (κ3) is 4.45. The summed E-state index contributed by atoms with van der Waals surface area (Å²) in [5, 5.41) is 7.28. The average molecular weight is 303 g/mol. The van der Waals surface area contributed by atoms with Gasteiger partial charge >= 0.3 is 0 Å². The van der Waals surface area contributed by atoms with Gasteiger partial charge in [-0.25, -0.2) is 0 Å². The van der Waals surface area contributed by atoms with Crippen LogP contribution in [0.25, 0.3) is 0 Å². The van der Waals surface area contributed by atoms with Crippen LogP contribution in [0.2, 0.25) is 0 Å². The van der Waals surface area contributed by atoms with Gasteiger partial charge < -0.3 is 10.5 Å². The molecule has 0 unspecified atom stereocenters. The van der Waals surface area contributed by atoms with Gasteiger partial charge in [0.1, 0.15) is 5.75 Å². The lowest BCUT2D eigenvalue weighted by atomic mass is 10.2. The van der Waals surface area contributed by atoms with Crippen molar-refractivity contribution in [3.05, 3.63) is 28.2 Å². The molecule has 16 heavy (non-hydrogen) atoms. The van der Waals surface area contributed by atoms with Crippen molar-refractivity contribution in [3.8, 4) is 5.75 Å². The molecule has 0 aliphatic carbocycles. The molecule has 5 heteroatoms. The molecule has 0 aliphatic heterocycles. The van der Waals surface area contributed by atoms with Crippen LogP contribution in [-0.2, 0) is 5.75 Å². The SMILES string of the molecule is CCCOc1ccc(CSC(=N)N)cc1Br. The predicted molar refractivity (Wildman–Crippen MR) is 73.1 cm³/mol. The molecule has 0 radical (unpaired) electrons. The first-order valence-electron chi connectivity index (χ1n) is 5.01. The minimum absolute atomic E-state index is 0.141. The van der Waals surface area contributed by atoms with Gasteiger partial charge in [0.05, 0.1) is 11.1 Å². The van der Waals surface area contributed by atoms with E-state index in [1.807, 2.05) is 18.2 Å². The Morgan fingerprint density at radius 2 is 2.31 bits per heavy atom. The Kier molecular flexibility index (Phi) is 5.69. The number of halogens is 1. The van der Waals surface area contributed by atoms with Crippen molar-refractivity contribution in [2.75, 3.05) is 6.61 Å². The van der Waals surface area contributed by atoms with E-state index in [4.69, 9.17) is 15.9 Å². The fourth-order valence-electron chi connectivity index (χ4n) is 1.12. The van der Waals surface area contributed by atoms with Gasteiger partial charge in [-0.15, -0.1) is 0 Å². The maximum atomic E-state index is 7.13. The molecule has 0 fully saturated rings. The van der Waals surface area contributed by atoms with E-state index >= 15 is 0 Å². The molecule has 1 aromatic carbocycles. The minimum atomic E-state index is 0.141. The summed E-state index contributed by atoms with van der Waals surface area (Å²) in [6, 6.07) is 5.93. The summed E-state index contributed by atoms with van der Waals surface area (Å²) >= 11 is 4.78. The van der Waals surface area contributed by atoms with Gasteiger partial charge in [-0.1, -0.05) is 24.8 Å². The molecule has 0 aromatic heterocycles. The number of amidine groups is 1. The summed E-state index contributed by atoms with van der Waals surface area (Å²) < 4.78 is 6.49. The number of benzene rings is 1. The van der Waals surface area contributed by atoms with Crippen LogP contribution in [-0.4, -0.2) is 11.8 Å². The summed E-state index contributed by atoms with van der Waals surface area (Å²) in [6.45, 7) is 2.80. The van der Waals surface area contributed by atoms with Crippen molar-refractivity contribution in [3.63, 3.8) is 0 Å². The monoisotopic (exact) mass is 302 g/mol. The molecule has 1 aromatic rings. The van der Waals surface area contributed by atoms with Crippen LogP contribution in [0.4, 0.5) is 0 Å². The second-order valence-corrected chi connectivity index (χ2v) is 5.14. The van der Waals surface area contributed by atoms with Crippen molar-refractivity contribution in [2.45, 2.75) is 19.1 Å². The third-order valence-corrected chi connectivity index (χ3v) is 3.26. The Labute approximate surface area is 108 Å². The van der Waals surface area contributed by atoms with Crippen LogP contribution in [0, 0.1) is 5.41 Å². The molecule has 0 atom stereocenters. The molecule has 1 rings (SSSR count). The third-order valence-electron chi connectivity index (χ3n) is 1.85. The Morgan fingerprint density at radius 1 is 1.56 bits per heavy atom. The number of nitrogens with one attached hydrogen (secondary N) is 1. The fourth-order valence-corrected chi connectivity index (χ4v) is 2.17. The predicted octanol–water partition coefficient (Wildman–Crippen LogP) is 3.36. The van der Waals surface area contributed by atoms with E-state index in [1.165, 1.54) is 11.8 Å². The molecule has 3 N–H and O–H groups in total. The Morgan fingerprint density at radius 3 is 2.88 bits per heavy atom. The van der Waals surface area contributed by atoms with Gasteiger partial charge in [0.15, 0.2) is 5.17 Å². The Balaban J connectivity index is 2.63. The van der Waals surface area contributed by atoms with Crippen LogP contribution >= 0.6 is 27.7 Å². The van der Waals surface area contributed by atoms with E-state index in [9.17, 15) is 0 Å². The molecule has 88 valence electrons. The van der Waals surface area contributed by atoms with Crippen molar-refractivity contribution < 1.29 is 4.74 Å². The first kappa shape index (κ1) is 13.4. The highest BCUT2D eigenvalue weighted by atomic mass is 79.9. The smallest absolute Gasteiger partial charge is 0.151 e. The van der Waals surface area contributed by atoms with E-state index in [-0.39, 0.29) is 5.17 Å². The van der Waals surface area contributed by atoms with E-state index in [1.54, 1.807) is 0 Å². The average Bonchev–Trinajstić information content (AvgIpc) is 2.25. The molecule has 0 bridgehead atoms. The zero-order valence-corrected chi connectivity index (χ0v) is 11.5. The number of nitrogens with two attached hydrogens (primary N) is 1. The Hall–Kier alpha value is -0.680. The van der Waals surface area contributed by atoms with Crippen LogP contribution in [0.15, 0.2) is 22.7 Å². The molecular weight excluding hydrogens is 288 g/mol. The topological polar surface area (TPSA) is 59.1 Å². The lowest BCUT2D eigenvalue weighted by molar-refractivity contribution is 0.315. The van der Waals surface area contributed by atoms with E-state index in [0.29, 0.717) is 5.75 Å². The van der Waals surface area contributed by atoms with Crippen LogP contribution < -0.4 is 10.5 Å². The summed E-state index contributed by atoms with van der Waals surface area (Å²) in [5.74, 6) is 1.57. The Bertz CT molecular complexity index is 371. The molecule has 0 amide bonds. The first-order chi connectivity index (χ1) is 7.63. The van der Waals surface area contributed by atoms with E-state index < -0.39 is 0 Å². The minimum Gasteiger partial charge on any atom is -0.492 e. The largest absolute Gasteiger partial charge is 0.492 e. The zero-order chi connectivity index (χ0) is 12.0. The van der Waals surface area contributed by atoms with Gasteiger partial charge in [0.25, 0.3) is 0 Å². The molecule has 0 aliphatic rings. The summed E-state index contributed by atoms with van der Waals surface area (Å²) in [6.07, 6.45) is 0.994. The number of hydrogen-bond acceptors (Lipinski definition) is 3. The second kappa shape index (κ2) is 6.81. The van der Waals surface area contributed by atoms with Crippen LogP contribution in [0.5, 0.6) is 5.75 Å². The highest BCUT2D eigenvalue weighted by Gasteiger charge is 2.03. The highest BCUT2D eigenvalue weighted by Crippen LogP contribution is 2.27. The second-order valence-electron chi connectivity index (χ2n) is 3.27. The van der Waals surface area contributed by atoms with Gasteiger partial charge in [-0.05, 0) is 40.0 Å². The van der Waals surface area contributed by atoms with Crippen molar-refractivity contribution >= 4 is 32.9 Å². The molecule has 0 saturated carbocycles. The van der Waals surface area contributed by atoms with Crippen molar-refractivity contribution in [1.82, 2.24) is 0 Å². The number of ether oxygens (including phenoxy) is 1. The summed E-state index contributed by atoms with van der Waals surface area (Å²) in [4.78, 5) is 0. The lowest BCUT2D eigenvalue weighted by Gasteiger charge is -2.08. The zero-order valence-electron chi connectivity index (χ0n) is 9.13. The van der Waals surface area contributed by atoms with E-state index in [0.717, 1.165) is 28.8 Å². The quantitative estimate of drug-likeness (QED) is 0.647. The lowest BCUT2D eigenvalue weighted by Crippen LogP contribution is -2.03. The molecule has 0 spiro atoms. The standard InChI is InChI=1S/C11H15BrN2OS/c1-2-5-15-10-4-3-8(6-9(10)12)7-16-11(13)14/h3-4,6H,2,5,7H2,1H3,(H3,13,14). The van der Waals surface area contributed by atoms with E-state index in [2.05, 4.69) is 22.9 Å². The molecule has 0 heterocycles. The normalized spacial score (nSPS) is 10.1. The number of thioether (sulfide) groups is 1. The maximum Gasteiger partial charge on any atom is 0.151 e. The number of rotatable bonds is 5. The molecule has 0 saturated heterocycles. The van der Waals surface area contributed by atoms with Gasteiger partial charge in [-0.3, -0.25) is 5.41 Å². The molecular formula is C11H15BrN2OS. The van der Waals surface area contributed by atoms with Gasteiger partial charge in [0, 0.05) is 5.75 Å². The van der Waals surface area contributed by atoms with Crippen molar-refractivity contribution in [2.24, 2.45) is 5.73 Å². The highest BCUT2D eigenvalue weighted by molar-refractivity contribution is 9.10. The number of hydrogen-bond donors (Lipinski definition) is 2. The summed E-state index contributed by atoms with van der Waals surface area (Å²) in [7, 11) is 0. The maximum absolute atomic E-state index is 7.13. The van der Waals surface area contributed by atoms with Crippen LogP contribution in [0.1, 0.15) is 18.9 Å². The van der Waals surface area contributed by atoms with Gasteiger partial charge in [-0.2, -0.15) is 0 Å². The molecule has 3 nitrogen and oxygen atoms in total. The van der Waals surface area contributed by atoms with Crippen molar-refractivity contribution in [1.29, 1.82) is 5.41 Å². The summed E-state index contributed by atoms with van der Waals surface area (Å²) in [5.41, 5.74) is 6.41.